The highest BCUT2D eigenvalue weighted by molar-refractivity contribution is 8.15. The molecule has 3 rings (SSSR count). The molecule has 2 heterocycles. The van der Waals surface area contributed by atoms with Gasteiger partial charge in [0.15, 0.2) is 5.17 Å². The number of aliphatic imine (C=N–C) groups is 1. The molecule has 0 aliphatic carbocycles. The summed E-state index contributed by atoms with van der Waals surface area (Å²) in [5, 5.41) is 3.14. The van der Waals surface area contributed by atoms with Crippen LogP contribution in [0.25, 0.3) is 0 Å². The van der Waals surface area contributed by atoms with Gasteiger partial charge in [0.1, 0.15) is 18.1 Å². The minimum absolute atomic E-state index is 0.105. The lowest BCUT2D eigenvalue weighted by Crippen LogP contribution is -2.38. The Hall–Kier alpha value is -2.72. The molecule has 1 aliphatic heterocycles. The van der Waals surface area contributed by atoms with Crippen molar-refractivity contribution in [3.8, 4) is 5.88 Å². The average Bonchev–Trinajstić information content (AvgIpc) is 2.68. The number of amides is 1. The summed E-state index contributed by atoms with van der Waals surface area (Å²) in [6, 6.07) is 4.40. The third-order valence-corrected chi connectivity index (χ3v) is 5.71. The summed E-state index contributed by atoms with van der Waals surface area (Å²) < 4.78 is 24.8. The number of hydrogen-bond acceptors (Lipinski definition) is 8. The maximum atomic E-state index is 14.7. The highest BCUT2D eigenvalue weighted by atomic mass is 32.2. The van der Waals surface area contributed by atoms with E-state index in [9.17, 15) is 9.18 Å². The maximum Gasteiger partial charge on any atom is 0.275 e. The predicted octanol–water partition coefficient (Wildman–Crippen LogP) is 3.34. The standard InChI is InChI=1S/C21H26FN5O3S/c1-20(2)12-21(3,27-19(23)31-20)14-9-13(5-6-15(14)22)26-18(28)16-10-25-17(11-24-16)30-8-7-29-4/h5-6,9-11H,7-8,12H2,1-4H3,(H2,23,27)(H,26,28)/t21-/m0/s1. The second kappa shape index (κ2) is 9.19. The lowest BCUT2D eigenvalue weighted by molar-refractivity contribution is 0.102. The van der Waals surface area contributed by atoms with Crippen LogP contribution < -0.4 is 15.8 Å². The highest BCUT2D eigenvalue weighted by Gasteiger charge is 2.40. The number of anilines is 1. The van der Waals surface area contributed by atoms with Crippen LogP contribution in [0.3, 0.4) is 0 Å². The molecule has 2 aromatic rings. The van der Waals surface area contributed by atoms with Gasteiger partial charge in [-0.1, -0.05) is 25.6 Å². The molecule has 1 aromatic heterocycles. The molecule has 31 heavy (non-hydrogen) atoms. The Labute approximate surface area is 184 Å². The first-order chi connectivity index (χ1) is 14.6. The van der Waals surface area contributed by atoms with Crippen molar-refractivity contribution >= 4 is 28.5 Å². The monoisotopic (exact) mass is 447 g/mol. The Morgan fingerprint density at radius 1 is 1.26 bits per heavy atom. The number of nitrogens with one attached hydrogen (secondary N) is 1. The van der Waals surface area contributed by atoms with E-state index in [1.165, 1.54) is 36.3 Å². The molecule has 0 fully saturated rings. The zero-order chi connectivity index (χ0) is 22.6. The molecule has 0 bridgehead atoms. The molecule has 10 heteroatoms. The van der Waals surface area contributed by atoms with Gasteiger partial charge in [0.2, 0.25) is 5.88 Å². The van der Waals surface area contributed by atoms with Gasteiger partial charge in [-0.25, -0.2) is 14.4 Å². The van der Waals surface area contributed by atoms with Gasteiger partial charge in [-0.3, -0.25) is 9.79 Å². The molecule has 166 valence electrons. The second-order valence-corrected chi connectivity index (χ2v) is 9.72. The Kier molecular flexibility index (Phi) is 6.80. The van der Waals surface area contributed by atoms with Crippen LogP contribution in [0.15, 0.2) is 35.6 Å². The highest BCUT2D eigenvalue weighted by Crippen LogP contribution is 2.45. The van der Waals surface area contributed by atoms with Gasteiger partial charge < -0.3 is 20.5 Å². The van der Waals surface area contributed by atoms with Crippen LogP contribution in [0.1, 0.15) is 43.2 Å². The number of benzene rings is 1. The van der Waals surface area contributed by atoms with Crippen LogP contribution in [0.2, 0.25) is 0 Å². The number of carbonyl (C=O) groups excluding carboxylic acids is 1. The maximum absolute atomic E-state index is 14.7. The summed E-state index contributed by atoms with van der Waals surface area (Å²) >= 11 is 1.47. The molecule has 0 radical (unpaired) electrons. The van der Waals surface area contributed by atoms with E-state index in [1.807, 2.05) is 20.8 Å². The Bertz CT molecular complexity index is 983. The van der Waals surface area contributed by atoms with Gasteiger partial charge >= 0.3 is 0 Å². The van der Waals surface area contributed by atoms with Crippen molar-refractivity contribution in [2.24, 2.45) is 10.7 Å². The molecular formula is C21H26FN5O3S. The fourth-order valence-corrected chi connectivity index (χ4v) is 4.72. The number of nitrogens with two attached hydrogens (primary N) is 1. The third kappa shape index (κ3) is 5.71. The predicted molar refractivity (Wildman–Crippen MR) is 119 cm³/mol. The summed E-state index contributed by atoms with van der Waals surface area (Å²) in [5.41, 5.74) is 6.07. The largest absolute Gasteiger partial charge is 0.474 e. The van der Waals surface area contributed by atoms with E-state index in [0.717, 1.165) is 0 Å². The number of hydrogen-bond donors (Lipinski definition) is 2. The number of carbonyl (C=O) groups is 1. The van der Waals surface area contributed by atoms with Crippen molar-refractivity contribution in [3.05, 3.63) is 47.7 Å². The van der Waals surface area contributed by atoms with Gasteiger partial charge in [0.25, 0.3) is 5.91 Å². The number of aromatic nitrogens is 2. The quantitative estimate of drug-likeness (QED) is 0.626. The zero-order valence-electron chi connectivity index (χ0n) is 17.9. The Morgan fingerprint density at radius 3 is 2.68 bits per heavy atom. The molecule has 1 atom stereocenters. The number of rotatable bonds is 7. The van der Waals surface area contributed by atoms with Crippen LogP contribution in [-0.2, 0) is 10.3 Å². The number of ether oxygens (including phenoxy) is 2. The summed E-state index contributed by atoms with van der Waals surface area (Å²) in [5.74, 6) is -0.586. The van der Waals surface area contributed by atoms with Crippen molar-refractivity contribution in [2.75, 3.05) is 25.6 Å². The van der Waals surface area contributed by atoms with Crippen molar-refractivity contribution < 1.29 is 18.7 Å². The zero-order valence-corrected chi connectivity index (χ0v) is 18.8. The van der Waals surface area contributed by atoms with Gasteiger partial charge in [-0.15, -0.1) is 0 Å². The van der Waals surface area contributed by atoms with Crippen LogP contribution in [-0.4, -0.2) is 46.1 Å². The van der Waals surface area contributed by atoms with Crippen molar-refractivity contribution in [1.82, 2.24) is 9.97 Å². The number of methoxy groups -OCH3 is 1. The van der Waals surface area contributed by atoms with Crippen molar-refractivity contribution in [1.29, 1.82) is 0 Å². The minimum atomic E-state index is -0.843. The van der Waals surface area contributed by atoms with Crippen molar-refractivity contribution in [3.63, 3.8) is 0 Å². The molecule has 0 unspecified atom stereocenters. The fraction of sp³-hybridized carbons (Fsp3) is 0.429. The first-order valence-corrected chi connectivity index (χ1v) is 10.5. The molecule has 1 amide bonds. The van der Waals surface area contributed by atoms with Crippen LogP contribution >= 0.6 is 11.8 Å². The summed E-state index contributed by atoms with van der Waals surface area (Å²) in [4.78, 5) is 25.2. The fourth-order valence-electron chi connectivity index (χ4n) is 3.56. The van der Waals surface area contributed by atoms with E-state index in [0.29, 0.717) is 41.9 Å². The molecule has 0 saturated heterocycles. The van der Waals surface area contributed by atoms with Crippen LogP contribution in [0.4, 0.5) is 10.1 Å². The van der Waals surface area contributed by atoms with E-state index in [-0.39, 0.29) is 10.4 Å². The molecular weight excluding hydrogens is 421 g/mol. The lowest BCUT2D eigenvalue weighted by atomic mass is 9.83. The first kappa shape index (κ1) is 23.0. The van der Waals surface area contributed by atoms with E-state index in [4.69, 9.17) is 15.2 Å². The topological polar surface area (TPSA) is 112 Å². The normalized spacial score (nSPS) is 20.1. The number of nitrogens with zero attached hydrogens (tertiary/aromatic N) is 3. The van der Waals surface area contributed by atoms with E-state index >= 15 is 0 Å². The lowest BCUT2D eigenvalue weighted by Gasteiger charge is -2.39. The van der Waals surface area contributed by atoms with E-state index in [1.54, 1.807) is 13.2 Å². The van der Waals surface area contributed by atoms with E-state index < -0.39 is 17.3 Å². The SMILES string of the molecule is COCCOc1cnc(C(=O)Nc2ccc(F)c([C@]3(C)CC(C)(C)SC(N)=N3)c2)cn1. The number of thioether (sulfide) groups is 1. The summed E-state index contributed by atoms with van der Waals surface area (Å²) in [7, 11) is 1.57. The summed E-state index contributed by atoms with van der Waals surface area (Å²) in [6.45, 7) is 6.68. The van der Waals surface area contributed by atoms with Crippen molar-refractivity contribution in [2.45, 2.75) is 37.5 Å². The summed E-state index contributed by atoms with van der Waals surface area (Å²) in [6.07, 6.45) is 3.27. The Morgan fingerprint density at radius 2 is 2.03 bits per heavy atom. The minimum Gasteiger partial charge on any atom is -0.474 e. The van der Waals surface area contributed by atoms with Gasteiger partial charge in [0, 0.05) is 23.1 Å². The van der Waals surface area contributed by atoms with E-state index in [2.05, 4.69) is 20.3 Å². The third-order valence-electron chi connectivity index (χ3n) is 4.71. The van der Waals surface area contributed by atoms with Gasteiger partial charge in [-0.2, -0.15) is 0 Å². The van der Waals surface area contributed by atoms with Gasteiger partial charge in [-0.05, 0) is 31.5 Å². The van der Waals surface area contributed by atoms with Crippen LogP contribution in [0, 0.1) is 5.82 Å². The average molecular weight is 448 g/mol. The number of halogens is 1. The molecule has 0 saturated carbocycles. The molecule has 1 aromatic carbocycles. The first-order valence-electron chi connectivity index (χ1n) is 9.71. The second-order valence-electron chi connectivity index (χ2n) is 7.99. The Balaban J connectivity index is 1.77. The van der Waals surface area contributed by atoms with Crippen LogP contribution in [0.5, 0.6) is 5.88 Å². The molecule has 0 spiro atoms. The molecule has 8 nitrogen and oxygen atoms in total. The molecule has 3 N–H and O–H groups in total. The number of amidine groups is 1. The molecule has 1 aliphatic rings. The van der Waals surface area contributed by atoms with Gasteiger partial charge in [0.05, 0.1) is 24.5 Å². The smallest absolute Gasteiger partial charge is 0.275 e.